The molecule has 8 nitrogen and oxygen atoms in total. The van der Waals surface area contributed by atoms with Crippen LogP contribution in [-0.2, 0) is 22.5 Å². The summed E-state index contributed by atoms with van der Waals surface area (Å²) in [5, 5.41) is 6.98. The van der Waals surface area contributed by atoms with Crippen molar-refractivity contribution in [3.05, 3.63) is 71.6 Å². The molecule has 8 heteroatoms. The van der Waals surface area contributed by atoms with Gasteiger partial charge in [0, 0.05) is 43.9 Å². The zero-order valence-corrected chi connectivity index (χ0v) is 18.3. The van der Waals surface area contributed by atoms with Crippen LogP contribution in [0, 0.1) is 0 Å². The highest BCUT2D eigenvalue weighted by molar-refractivity contribution is 5.99. The van der Waals surface area contributed by atoms with Crippen molar-refractivity contribution in [2.24, 2.45) is 0 Å². The minimum atomic E-state index is -0.538. The second-order valence-electron chi connectivity index (χ2n) is 8.54. The van der Waals surface area contributed by atoms with Crippen LogP contribution in [0.1, 0.15) is 41.1 Å². The van der Waals surface area contributed by atoms with Gasteiger partial charge in [-0.05, 0) is 24.5 Å². The van der Waals surface area contributed by atoms with E-state index in [1.165, 1.54) is 0 Å². The Bertz CT molecular complexity index is 1140. The highest BCUT2D eigenvalue weighted by Crippen LogP contribution is 2.38. The molecule has 2 aliphatic rings. The summed E-state index contributed by atoms with van der Waals surface area (Å²) in [6.07, 6.45) is 1.97. The van der Waals surface area contributed by atoms with Crippen molar-refractivity contribution in [1.29, 1.82) is 0 Å². The van der Waals surface area contributed by atoms with Crippen LogP contribution in [0.5, 0.6) is 0 Å². The molecule has 0 radical (unpaired) electrons. The number of hydrogen-bond acceptors (Lipinski definition) is 6. The molecule has 3 aromatic rings. The molecule has 5 rings (SSSR count). The Kier molecular flexibility index (Phi) is 5.92. The maximum atomic E-state index is 13.1. The number of benzene rings is 2. The van der Waals surface area contributed by atoms with Crippen molar-refractivity contribution >= 4 is 11.8 Å². The largest absolute Gasteiger partial charge is 0.381 e. The van der Waals surface area contributed by atoms with Crippen LogP contribution in [0.3, 0.4) is 0 Å². The molecule has 3 heterocycles. The van der Waals surface area contributed by atoms with Crippen molar-refractivity contribution in [3.63, 3.8) is 0 Å². The standard InChI is InChI=1S/C25H26N4O4/c30-21(26-13-10-22-27-23(28-33-22)18-6-2-1-3-7-18)16-25(11-14-32-15-12-25)29-17-19-8-4-5-9-20(19)24(29)31/h1-9H,10-17H2,(H,26,30). The van der Waals surface area contributed by atoms with Gasteiger partial charge in [-0.3, -0.25) is 9.59 Å². The first-order valence-corrected chi connectivity index (χ1v) is 11.3. The Hall–Kier alpha value is -3.52. The lowest BCUT2D eigenvalue weighted by molar-refractivity contribution is -0.125. The first kappa shape index (κ1) is 21.3. The molecule has 2 amide bonds. The molecule has 170 valence electrons. The molecule has 2 aromatic carbocycles. The summed E-state index contributed by atoms with van der Waals surface area (Å²) in [6, 6.07) is 17.3. The van der Waals surface area contributed by atoms with E-state index in [1.807, 2.05) is 59.5 Å². The van der Waals surface area contributed by atoms with Crippen molar-refractivity contribution in [2.45, 2.75) is 37.8 Å². The van der Waals surface area contributed by atoms with Crippen LogP contribution in [-0.4, -0.2) is 52.2 Å². The maximum Gasteiger partial charge on any atom is 0.254 e. The lowest BCUT2D eigenvalue weighted by Crippen LogP contribution is -2.54. The summed E-state index contributed by atoms with van der Waals surface area (Å²) in [7, 11) is 0. The van der Waals surface area contributed by atoms with E-state index in [0.717, 1.165) is 16.7 Å². The molecule has 0 spiro atoms. The molecule has 0 aliphatic carbocycles. The molecule has 1 fully saturated rings. The molecule has 0 bridgehead atoms. The summed E-state index contributed by atoms with van der Waals surface area (Å²) >= 11 is 0. The van der Waals surface area contributed by atoms with Gasteiger partial charge in [0.15, 0.2) is 0 Å². The Labute approximate surface area is 191 Å². The average Bonchev–Trinajstić information content (AvgIpc) is 3.46. The zero-order valence-electron chi connectivity index (χ0n) is 18.3. The first-order valence-electron chi connectivity index (χ1n) is 11.3. The second kappa shape index (κ2) is 9.15. The molecule has 0 saturated carbocycles. The normalized spacial score (nSPS) is 17.1. The van der Waals surface area contributed by atoms with E-state index in [2.05, 4.69) is 15.5 Å². The molecule has 1 saturated heterocycles. The molecule has 1 N–H and O–H groups in total. The molecular formula is C25H26N4O4. The number of ether oxygens (including phenoxy) is 1. The van der Waals surface area contributed by atoms with Crippen LogP contribution < -0.4 is 5.32 Å². The third-order valence-electron chi connectivity index (χ3n) is 6.47. The van der Waals surface area contributed by atoms with E-state index in [1.54, 1.807) is 0 Å². The predicted octanol–water partition coefficient (Wildman–Crippen LogP) is 2.99. The number of rotatable bonds is 7. The fourth-order valence-corrected chi connectivity index (χ4v) is 4.66. The fourth-order valence-electron chi connectivity index (χ4n) is 4.66. The molecule has 2 aliphatic heterocycles. The van der Waals surface area contributed by atoms with Gasteiger partial charge in [-0.25, -0.2) is 0 Å². The number of carbonyl (C=O) groups excluding carboxylic acids is 2. The van der Waals surface area contributed by atoms with Gasteiger partial charge in [-0.15, -0.1) is 0 Å². The zero-order chi connectivity index (χ0) is 22.7. The number of aromatic nitrogens is 2. The molecule has 1 aromatic heterocycles. The Morgan fingerprint density at radius 3 is 2.61 bits per heavy atom. The number of fused-ring (bicyclic) bond motifs is 1. The average molecular weight is 447 g/mol. The second-order valence-corrected chi connectivity index (χ2v) is 8.54. The fraction of sp³-hybridized carbons (Fsp3) is 0.360. The van der Waals surface area contributed by atoms with E-state index in [4.69, 9.17) is 9.26 Å². The Balaban J connectivity index is 1.21. The number of hydrogen-bond donors (Lipinski definition) is 1. The summed E-state index contributed by atoms with van der Waals surface area (Å²) in [6.45, 7) is 2.00. The molecular weight excluding hydrogens is 420 g/mol. The van der Waals surface area contributed by atoms with Gasteiger partial charge in [0.1, 0.15) is 0 Å². The van der Waals surface area contributed by atoms with Gasteiger partial charge in [0.2, 0.25) is 17.6 Å². The smallest absolute Gasteiger partial charge is 0.254 e. The number of nitrogens with one attached hydrogen (secondary N) is 1. The van der Waals surface area contributed by atoms with E-state index in [0.29, 0.717) is 57.3 Å². The Morgan fingerprint density at radius 2 is 1.82 bits per heavy atom. The minimum Gasteiger partial charge on any atom is -0.381 e. The van der Waals surface area contributed by atoms with E-state index in [9.17, 15) is 9.59 Å². The maximum absolute atomic E-state index is 13.1. The van der Waals surface area contributed by atoms with Gasteiger partial charge < -0.3 is 19.5 Å². The van der Waals surface area contributed by atoms with E-state index < -0.39 is 5.54 Å². The molecule has 33 heavy (non-hydrogen) atoms. The van der Waals surface area contributed by atoms with Crippen molar-refractivity contribution < 1.29 is 18.8 Å². The van der Waals surface area contributed by atoms with Gasteiger partial charge in [0.25, 0.3) is 5.91 Å². The van der Waals surface area contributed by atoms with Crippen molar-refractivity contribution in [2.75, 3.05) is 19.8 Å². The third kappa shape index (κ3) is 4.39. The van der Waals surface area contributed by atoms with Gasteiger partial charge in [-0.2, -0.15) is 4.98 Å². The number of amides is 2. The minimum absolute atomic E-state index is 0.000369. The summed E-state index contributed by atoms with van der Waals surface area (Å²) < 4.78 is 10.9. The Morgan fingerprint density at radius 1 is 1.06 bits per heavy atom. The van der Waals surface area contributed by atoms with Crippen molar-refractivity contribution in [3.8, 4) is 11.4 Å². The van der Waals surface area contributed by atoms with Crippen LogP contribution in [0.2, 0.25) is 0 Å². The van der Waals surface area contributed by atoms with Crippen LogP contribution in [0.4, 0.5) is 0 Å². The lowest BCUT2D eigenvalue weighted by Gasteiger charge is -2.44. The summed E-state index contributed by atoms with van der Waals surface area (Å²) in [5.74, 6) is 0.911. The van der Waals surface area contributed by atoms with E-state index >= 15 is 0 Å². The van der Waals surface area contributed by atoms with Crippen molar-refractivity contribution in [1.82, 2.24) is 20.4 Å². The molecule has 0 unspecified atom stereocenters. The number of carbonyl (C=O) groups is 2. The highest BCUT2D eigenvalue weighted by atomic mass is 16.5. The quantitative estimate of drug-likeness (QED) is 0.599. The van der Waals surface area contributed by atoms with E-state index in [-0.39, 0.29) is 18.2 Å². The van der Waals surface area contributed by atoms with Crippen LogP contribution in [0.15, 0.2) is 59.1 Å². The van der Waals surface area contributed by atoms with Gasteiger partial charge in [0.05, 0.1) is 12.0 Å². The summed E-state index contributed by atoms with van der Waals surface area (Å²) in [5.41, 5.74) is 2.09. The van der Waals surface area contributed by atoms with Gasteiger partial charge in [-0.1, -0.05) is 53.7 Å². The SMILES string of the molecule is O=C(CC1(N2Cc3ccccc3C2=O)CCOCC1)NCCc1nc(-c2ccccc2)no1. The van der Waals surface area contributed by atoms with Crippen LogP contribution >= 0.6 is 0 Å². The molecule has 0 atom stereocenters. The summed E-state index contributed by atoms with van der Waals surface area (Å²) in [4.78, 5) is 32.3. The predicted molar refractivity (Wildman–Crippen MR) is 120 cm³/mol. The monoisotopic (exact) mass is 446 g/mol. The highest BCUT2D eigenvalue weighted by Gasteiger charge is 2.45. The van der Waals surface area contributed by atoms with Crippen LogP contribution in [0.25, 0.3) is 11.4 Å². The first-order chi connectivity index (χ1) is 16.1. The van der Waals surface area contributed by atoms with Gasteiger partial charge >= 0.3 is 0 Å². The lowest BCUT2D eigenvalue weighted by atomic mass is 9.84. The number of nitrogens with zero attached hydrogens (tertiary/aromatic N) is 3. The topological polar surface area (TPSA) is 97.6 Å². The third-order valence-corrected chi connectivity index (χ3v) is 6.47.